The summed E-state index contributed by atoms with van der Waals surface area (Å²) in [4.78, 5) is 13.0. The number of hydrogen-bond acceptors (Lipinski definition) is 5. The third-order valence-corrected chi connectivity index (χ3v) is 5.20. The zero-order valence-corrected chi connectivity index (χ0v) is 15.8. The molecule has 0 radical (unpaired) electrons. The van der Waals surface area contributed by atoms with Crippen molar-refractivity contribution in [1.82, 2.24) is 5.32 Å². The molecule has 2 aliphatic carbocycles. The summed E-state index contributed by atoms with van der Waals surface area (Å²) < 4.78 is 11.8. The number of ether oxygens (including phenoxy) is 2. The number of carbonyl (C=O) groups is 1. The van der Waals surface area contributed by atoms with Crippen LogP contribution in [-0.2, 0) is 20.9 Å². The van der Waals surface area contributed by atoms with E-state index in [-0.39, 0.29) is 38.0 Å². The van der Waals surface area contributed by atoms with E-state index >= 15 is 0 Å². The number of hydrogen-bond donors (Lipinski definition) is 3. The van der Waals surface area contributed by atoms with E-state index in [0.29, 0.717) is 0 Å². The van der Waals surface area contributed by atoms with Crippen molar-refractivity contribution in [2.45, 2.75) is 69.2 Å². The van der Waals surface area contributed by atoms with E-state index in [4.69, 9.17) is 9.47 Å². The number of aryl methyl sites for hydroxylation is 1. The molecule has 0 saturated heterocycles. The van der Waals surface area contributed by atoms with Gasteiger partial charge in [-0.25, -0.2) is 0 Å². The SMILES string of the molecule is C=CCO[C@H]1C[C@](OCc2cccc(C)c2)(C(=O)NC2CC2)C[C@@H](O)[C@H]1O. The van der Waals surface area contributed by atoms with Crippen LogP contribution in [0.2, 0.25) is 0 Å². The first kappa shape index (κ1) is 20.0. The Morgan fingerprint density at radius 2 is 2.15 bits per heavy atom. The van der Waals surface area contributed by atoms with Gasteiger partial charge in [0.05, 0.1) is 25.4 Å². The molecule has 0 bridgehead atoms. The predicted octanol–water partition coefficient (Wildman–Crippen LogP) is 1.62. The van der Waals surface area contributed by atoms with Crippen molar-refractivity contribution in [3.05, 3.63) is 48.0 Å². The van der Waals surface area contributed by atoms with Crippen LogP contribution in [0.5, 0.6) is 0 Å². The van der Waals surface area contributed by atoms with Crippen LogP contribution >= 0.6 is 0 Å². The molecule has 1 amide bonds. The third kappa shape index (κ3) is 4.96. The van der Waals surface area contributed by atoms with Crippen LogP contribution in [0.15, 0.2) is 36.9 Å². The first-order valence-electron chi connectivity index (χ1n) is 9.52. The van der Waals surface area contributed by atoms with E-state index in [9.17, 15) is 15.0 Å². The molecule has 0 unspecified atom stereocenters. The molecule has 2 aliphatic rings. The van der Waals surface area contributed by atoms with Crippen molar-refractivity contribution >= 4 is 5.91 Å². The Morgan fingerprint density at radius 3 is 2.81 bits per heavy atom. The minimum Gasteiger partial charge on any atom is -0.390 e. The van der Waals surface area contributed by atoms with Crippen LogP contribution in [0, 0.1) is 6.92 Å². The molecule has 0 heterocycles. The van der Waals surface area contributed by atoms with Crippen LogP contribution in [0.4, 0.5) is 0 Å². The van der Waals surface area contributed by atoms with Crippen molar-refractivity contribution in [2.75, 3.05) is 6.61 Å². The zero-order chi connectivity index (χ0) is 19.4. The molecule has 1 aromatic rings. The Hall–Kier alpha value is -1.73. The number of aliphatic hydroxyl groups is 2. The maximum Gasteiger partial charge on any atom is 0.252 e. The van der Waals surface area contributed by atoms with Gasteiger partial charge in [0.1, 0.15) is 6.10 Å². The van der Waals surface area contributed by atoms with Gasteiger partial charge in [-0.1, -0.05) is 35.9 Å². The van der Waals surface area contributed by atoms with Gasteiger partial charge in [0.2, 0.25) is 0 Å². The second-order valence-electron chi connectivity index (χ2n) is 7.65. The molecule has 0 aliphatic heterocycles. The van der Waals surface area contributed by atoms with Crippen molar-refractivity contribution < 1.29 is 24.5 Å². The topological polar surface area (TPSA) is 88.0 Å². The van der Waals surface area contributed by atoms with Crippen LogP contribution in [-0.4, -0.2) is 52.7 Å². The van der Waals surface area contributed by atoms with Crippen molar-refractivity contribution in [1.29, 1.82) is 0 Å². The first-order valence-corrected chi connectivity index (χ1v) is 9.52. The molecular formula is C21H29NO5. The van der Waals surface area contributed by atoms with E-state index in [1.807, 2.05) is 31.2 Å². The summed E-state index contributed by atoms with van der Waals surface area (Å²) in [6.45, 7) is 6.09. The smallest absolute Gasteiger partial charge is 0.252 e. The highest BCUT2D eigenvalue weighted by Gasteiger charge is 2.52. The first-order chi connectivity index (χ1) is 12.9. The highest BCUT2D eigenvalue weighted by Crippen LogP contribution is 2.36. The van der Waals surface area contributed by atoms with Gasteiger partial charge in [-0.15, -0.1) is 6.58 Å². The van der Waals surface area contributed by atoms with Crippen molar-refractivity contribution in [3.8, 4) is 0 Å². The fraction of sp³-hybridized carbons (Fsp3) is 0.571. The molecule has 6 heteroatoms. The van der Waals surface area contributed by atoms with E-state index in [1.54, 1.807) is 6.08 Å². The molecule has 2 saturated carbocycles. The zero-order valence-electron chi connectivity index (χ0n) is 15.8. The lowest BCUT2D eigenvalue weighted by Crippen LogP contribution is -2.61. The van der Waals surface area contributed by atoms with Crippen molar-refractivity contribution in [2.24, 2.45) is 0 Å². The third-order valence-electron chi connectivity index (χ3n) is 5.20. The average Bonchev–Trinajstić information content (AvgIpc) is 3.45. The molecule has 4 atom stereocenters. The predicted molar refractivity (Wildman–Crippen MR) is 101 cm³/mol. The van der Waals surface area contributed by atoms with E-state index in [1.165, 1.54) is 0 Å². The standard InChI is InChI=1S/C21H29NO5/c1-3-9-26-18-12-21(11-17(23)19(18)24,20(25)22-16-7-8-16)27-13-15-6-4-5-14(2)10-15/h3-6,10,16-19,23-24H,1,7-9,11-13H2,2H3,(H,22,25)/t17-,18+,19-,21+/m1/s1. The molecule has 148 valence electrons. The van der Waals surface area contributed by atoms with Gasteiger partial charge in [-0.05, 0) is 25.3 Å². The van der Waals surface area contributed by atoms with Gasteiger partial charge < -0.3 is 25.0 Å². The van der Waals surface area contributed by atoms with Gasteiger partial charge in [-0.3, -0.25) is 4.79 Å². The summed E-state index contributed by atoms with van der Waals surface area (Å²) in [6, 6.07) is 8.07. The molecule has 3 rings (SSSR count). The largest absolute Gasteiger partial charge is 0.390 e. The van der Waals surface area contributed by atoms with Crippen LogP contribution in [0.3, 0.4) is 0 Å². The van der Waals surface area contributed by atoms with Crippen LogP contribution < -0.4 is 5.32 Å². The van der Waals surface area contributed by atoms with Gasteiger partial charge >= 0.3 is 0 Å². The maximum absolute atomic E-state index is 13.0. The van der Waals surface area contributed by atoms with Gasteiger partial charge in [0.15, 0.2) is 5.60 Å². The lowest BCUT2D eigenvalue weighted by Gasteiger charge is -2.43. The van der Waals surface area contributed by atoms with Crippen molar-refractivity contribution in [3.63, 3.8) is 0 Å². The molecule has 0 spiro atoms. The monoisotopic (exact) mass is 375 g/mol. The normalized spacial score (nSPS) is 30.7. The van der Waals surface area contributed by atoms with Gasteiger partial charge in [0, 0.05) is 18.9 Å². The number of aliphatic hydroxyl groups excluding tert-OH is 2. The second-order valence-corrected chi connectivity index (χ2v) is 7.65. The number of nitrogens with one attached hydrogen (secondary N) is 1. The summed E-state index contributed by atoms with van der Waals surface area (Å²) in [5.41, 5.74) is 0.827. The molecule has 27 heavy (non-hydrogen) atoms. The van der Waals surface area contributed by atoms with E-state index < -0.39 is 23.9 Å². The summed E-state index contributed by atoms with van der Waals surface area (Å²) >= 11 is 0. The van der Waals surface area contributed by atoms with Gasteiger partial charge in [-0.2, -0.15) is 0 Å². The quantitative estimate of drug-likeness (QED) is 0.601. The van der Waals surface area contributed by atoms with E-state index in [0.717, 1.165) is 24.0 Å². The van der Waals surface area contributed by atoms with E-state index in [2.05, 4.69) is 11.9 Å². The summed E-state index contributed by atoms with van der Waals surface area (Å²) in [7, 11) is 0. The van der Waals surface area contributed by atoms with Crippen LogP contribution in [0.25, 0.3) is 0 Å². The summed E-state index contributed by atoms with van der Waals surface area (Å²) in [6.07, 6.45) is 0.853. The number of rotatable bonds is 8. The number of amides is 1. The number of carbonyl (C=O) groups excluding carboxylic acids is 1. The molecule has 6 nitrogen and oxygen atoms in total. The lowest BCUT2D eigenvalue weighted by atomic mass is 9.78. The lowest BCUT2D eigenvalue weighted by molar-refractivity contribution is -0.196. The minimum absolute atomic E-state index is 0.0342. The molecule has 1 aromatic carbocycles. The number of benzene rings is 1. The molecule has 0 aromatic heterocycles. The Kier molecular flexibility index (Phi) is 6.32. The van der Waals surface area contributed by atoms with Gasteiger partial charge in [0.25, 0.3) is 5.91 Å². The van der Waals surface area contributed by atoms with Crippen LogP contribution in [0.1, 0.15) is 36.8 Å². The molecular weight excluding hydrogens is 346 g/mol. The highest BCUT2D eigenvalue weighted by molar-refractivity contribution is 5.86. The summed E-state index contributed by atoms with van der Waals surface area (Å²) in [5, 5.41) is 23.7. The Bertz CT molecular complexity index is 674. The Balaban J connectivity index is 1.79. The summed E-state index contributed by atoms with van der Waals surface area (Å²) in [5.74, 6) is -0.240. The average molecular weight is 375 g/mol. The molecule has 2 fully saturated rings. The maximum atomic E-state index is 13.0. The highest BCUT2D eigenvalue weighted by atomic mass is 16.5. The molecule has 3 N–H and O–H groups in total. The fourth-order valence-corrected chi connectivity index (χ4v) is 3.52. The minimum atomic E-state index is -1.24. The Labute approximate surface area is 160 Å². The second kappa shape index (κ2) is 8.52. The Morgan fingerprint density at radius 1 is 1.37 bits per heavy atom. The fourth-order valence-electron chi connectivity index (χ4n) is 3.52.